The summed E-state index contributed by atoms with van der Waals surface area (Å²) < 4.78 is 74.2. The predicted molar refractivity (Wildman–Crippen MR) is 77.3 cm³/mol. The van der Waals surface area contributed by atoms with E-state index in [0.29, 0.717) is 16.9 Å². The van der Waals surface area contributed by atoms with Crippen molar-refractivity contribution >= 4 is 23.0 Å². The Kier molecular flexibility index (Phi) is 5.21. The number of carbonyl (C=O) groups excluding carboxylic acids is 2. The number of amides is 1. The summed E-state index contributed by atoms with van der Waals surface area (Å²) in [5.41, 5.74) is -0.458. The van der Waals surface area contributed by atoms with Gasteiger partial charge < -0.3 is 5.32 Å². The summed E-state index contributed by atoms with van der Waals surface area (Å²) in [5, 5.41) is 2.36. The molecule has 0 fully saturated rings. The van der Waals surface area contributed by atoms with Crippen LogP contribution in [0, 0.1) is 0 Å². The number of hydrogen-bond donors (Lipinski definition) is 1. The second-order valence-corrected chi connectivity index (χ2v) is 5.95. The van der Waals surface area contributed by atoms with E-state index in [1.165, 1.54) is 12.1 Å². The Balaban J connectivity index is 1.99. The fourth-order valence-corrected chi connectivity index (χ4v) is 2.69. The van der Waals surface area contributed by atoms with E-state index >= 15 is 0 Å². The van der Waals surface area contributed by atoms with E-state index < -0.39 is 34.5 Å². The fourth-order valence-electron chi connectivity index (χ4n) is 1.80. The molecule has 0 bridgehead atoms. The molecule has 2 rings (SSSR count). The van der Waals surface area contributed by atoms with E-state index in [-0.39, 0.29) is 11.4 Å². The van der Waals surface area contributed by atoms with Crippen molar-refractivity contribution in [3.63, 3.8) is 0 Å². The van der Waals surface area contributed by atoms with E-state index in [1.807, 2.05) is 0 Å². The quantitative estimate of drug-likeness (QED) is 0.629. The maximum atomic E-state index is 12.4. The molecule has 0 aliphatic rings. The molecule has 1 aromatic carbocycles. The third-order valence-corrected chi connectivity index (χ3v) is 4.13. The lowest BCUT2D eigenvalue weighted by atomic mass is 10.1. The number of hydrogen-bond acceptors (Lipinski definition) is 3. The zero-order valence-electron chi connectivity index (χ0n) is 12.2. The summed E-state index contributed by atoms with van der Waals surface area (Å²) in [4.78, 5) is 22.2. The molecule has 0 unspecified atom stereocenters. The number of ketones is 1. The van der Waals surface area contributed by atoms with E-state index in [1.54, 1.807) is 0 Å². The molecule has 134 valence electrons. The van der Waals surface area contributed by atoms with Crippen LogP contribution >= 0.6 is 11.3 Å². The fraction of sp³-hybridized carbons (Fsp3) is 0.200. The van der Waals surface area contributed by atoms with E-state index in [2.05, 4.69) is 5.32 Å². The summed E-state index contributed by atoms with van der Waals surface area (Å²) in [5.74, 6) is -2.77. The second-order valence-electron chi connectivity index (χ2n) is 4.87. The van der Waals surface area contributed by atoms with Crippen LogP contribution in [0.1, 0.15) is 30.5 Å². The maximum absolute atomic E-state index is 12.4. The van der Waals surface area contributed by atoms with Gasteiger partial charge in [-0.2, -0.15) is 26.3 Å². The standard InChI is InChI=1S/C15H9F6NO2S/c16-14(17,18)9-3-1-8(2-4-9)7-22-13(24)11-6-5-10(25-11)12(23)15(19,20)21/h1-6H,7H2,(H,22,24). The van der Waals surface area contributed by atoms with Crippen molar-refractivity contribution < 1.29 is 35.9 Å². The Labute approximate surface area is 141 Å². The van der Waals surface area contributed by atoms with Gasteiger partial charge in [-0.25, -0.2) is 0 Å². The predicted octanol–water partition coefficient (Wildman–Crippen LogP) is 4.44. The van der Waals surface area contributed by atoms with Gasteiger partial charge in [0.2, 0.25) is 0 Å². The molecule has 0 spiro atoms. The van der Waals surface area contributed by atoms with Crippen LogP contribution in [0.5, 0.6) is 0 Å². The number of nitrogens with one attached hydrogen (secondary N) is 1. The van der Waals surface area contributed by atoms with Crippen LogP contribution in [0.2, 0.25) is 0 Å². The van der Waals surface area contributed by atoms with Crippen molar-refractivity contribution in [2.45, 2.75) is 18.9 Å². The number of alkyl halides is 6. The van der Waals surface area contributed by atoms with Gasteiger partial charge in [0.15, 0.2) is 0 Å². The highest BCUT2D eigenvalue weighted by molar-refractivity contribution is 7.16. The normalized spacial score (nSPS) is 12.1. The summed E-state index contributed by atoms with van der Waals surface area (Å²) in [6, 6.07) is 6.03. The first-order valence-corrected chi connectivity index (χ1v) is 7.46. The van der Waals surface area contributed by atoms with Gasteiger partial charge in [0.05, 0.1) is 15.3 Å². The maximum Gasteiger partial charge on any atom is 0.455 e. The average molecular weight is 381 g/mol. The Morgan fingerprint density at radius 1 is 0.880 bits per heavy atom. The first-order chi connectivity index (χ1) is 11.5. The lowest BCUT2D eigenvalue weighted by molar-refractivity contribution is -0.137. The van der Waals surface area contributed by atoms with Crippen molar-refractivity contribution in [3.05, 3.63) is 57.3 Å². The van der Waals surface area contributed by atoms with Gasteiger partial charge in [-0.05, 0) is 29.8 Å². The highest BCUT2D eigenvalue weighted by atomic mass is 32.1. The Morgan fingerprint density at radius 3 is 1.96 bits per heavy atom. The second kappa shape index (κ2) is 6.87. The first-order valence-electron chi connectivity index (χ1n) is 6.64. The topological polar surface area (TPSA) is 46.2 Å². The molecule has 0 aliphatic carbocycles. The van der Waals surface area contributed by atoms with E-state index in [4.69, 9.17) is 0 Å². The molecule has 1 N–H and O–H groups in total. The molecule has 2 aromatic rings. The molecule has 0 saturated carbocycles. The van der Waals surface area contributed by atoms with Crippen molar-refractivity contribution in [3.8, 4) is 0 Å². The van der Waals surface area contributed by atoms with Crippen LogP contribution in [0.15, 0.2) is 36.4 Å². The zero-order chi connectivity index (χ0) is 18.8. The minimum atomic E-state index is -5.03. The molecule has 0 aliphatic heterocycles. The summed E-state index contributed by atoms with van der Waals surface area (Å²) >= 11 is 0.387. The monoisotopic (exact) mass is 381 g/mol. The van der Waals surface area contributed by atoms with Crippen LogP contribution in [0.25, 0.3) is 0 Å². The third-order valence-electron chi connectivity index (χ3n) is 3.05. The molecular formula is C15H9F6NO2S. The lowest BCUT2D eigenvalue weighted by Gasteiger charge is -2.08. The van der Waals surface area contributed by atoms with Crippen molar-refractivity contribution in [2.24, 2.45) is 0 Å². The molecule has 1 heterocycles. The van der Waals surface area contributed by atoms with Crippen molar-refractivity contribution in [1.82, 2.24) is 5.32 Å². The number of thiophene rings is 1. The Hall–Kier alpha value is -2.36. The van der Waals surface area contributed by atoms with Gasteiger partial charge in [-0.3, -0.25) is 9.59 Å². The Morgan fingerprint density at radius 2 is 1.44 bits per heavy atom. The highest BCUT2D eigenvalue weighted by Gasteiger charge is 2.40. The number of halogens is 6. The molecular weight excluding hydrogens is 372 g/mol. The van der Waals surface area contributed by atoms with Gasteiger partial charge in [-0.1, -0.05) is 12.1 Å². The number of Topliss-reactive ketones (excluding diaryl/α,β-unsaturated/α-hetero) is 1. The first kappa shape index (κ1) is 19.0. The molecule has 0 radical (unpaired) electrons. The van der Waals surface area contributed by atoms with Gasteiger partial charge in [-0.15, -0.1) is 11.3 Å². The molecule has 25 heavy (non-hydrogen) atoms. The molecule has 3 nitrogen and oxygen atoms in total. The van der Waals surface area contributed by atoms with E-state index in [0.717, 1.165) is 24.3 Å². The Bertz CT molecular complexity index is 777. The van der Waals surface area contributed by atoms with Crippen molar-refractivity contribution in [2.75, 3.05) is 0 Å². The summed E-state index contributed by atoms with van der Waals surface area (Å²) in [7, 11) is 0. The average Bonchev–Trinajstić information content (AvgIpc) is 3.00. The third kappa shape index (κ3) is 4.81. The van der Waals surface area contributed by atoms with Crippen LogP contribution in [0.3, 0.4) is 0 Å². The van der Waals surface area contributed by atoms with Crippen LogP contribution < -0.4 is 5.32 Å². The largest absolute Gasteiger partial charge is 0.455 e. The van der Waals surface area contributed by atoms with Crippen LogP contribution in [-0.4, -0.2) is 17.9 Å². The smallest absolute Gasteiger partial charge is 0.347 e. The van der Waals surface area contributed by atoms with Crippen molar-refractivity contribution in [1.29, 1.82) is 0 Å². The zero-order valence-corrected chi connectivity index (χ0v) is 13.0. The van der Waals surface area contributed by atoms with Crippen LogP contribution in [0.4, 0.5) is 26.3 Å². The highest BCUT2D eigenvalue weighted by Crippen LogP contribution is 2.29. The van der Waals surface area contributed by atoms with Gasteiger partial charge in [0.25, 0.3) is 11.7 Å². The molecule has 0 saturated heterocycles. The van der Waals surface area contributed by atoms with Gasteiger partial charge >= 0.3 is 12.4 Å². The number of carbonyl (C=O) groups is 2. The SMILES string of the molecule is O=C(NCc1ccc(C(F)(F)F)cc1)c1ccc(C(=O)C(F)(F)F)s1. The van der Waals surface area contributed by atoms with Crippen LogP contribution in [-0.2, 0) is 12.7 Å². The van der Waals surface area contributed by atoms with E-state index in [9.17, 15) is 35.9 Å². The van der Waals surface area contributed by atoms with Gasteiger partial charge in [0, 0.05) is 6.54 Å². The molecule has 1 amide bonds. The molecule has 1 aromatic heterocycles. The number of rotatable bonds is 4. The number of benzene rings is 1. The minimum absolute atomic E-state index is 0.112. The molecule has 10 heteroatoms. The van der Waals surface area contributed by atoms with Gasteiger partial charge in [0.1, 0.15) is 0 Å². The molecule has 0 atom stereocenters. The minimum Gasteiger partial charge on any atom is -0.347 e. The summed E-state index contributed by atoms with van der Waals surface area (Å²) in [6.07, 6.45) is -9.50. The summed E-state index contributed by atoms with van der Waals surface area (Å²) in [6.45, 7) is -0.114. The lowest BCUT2D eigenvalue weighted by Crippen LogP contribution is -2.22.